The zero-order chi connectivity index (χ0) is 28.1. The lowest BCUT2D eigenvalue weighted by atomic mass is 10.1. The summed E-state index contributed by atoms with van der Waals surface area (Å²) in [5.41, 5.74) is 5.75. The van der Waals surface area contributed by atoms with Gasteiger partial charge in [0.05, 0.1) is 20.8 Å². The Morgan fingerprint density at radius 3 is 2.52 bits per heavy atom. The Morgan fingerprint density at radius 2 is 1.73 bits per heavy atom. The van der Waals surface area contributed by atoms with E-state index in [4.69, 9.17) is 18.9 Å². The minimum absolute atomic E-state index is 0.210. The molecule has 8 nitrogen and oxygen atoms in total. The van der Waals surface area contributed by atoms with Gasteiger partial charge in [-0.2, -0.15) is 0 Å². The standard InChI is InChI=1S/C31H33N3O5S/c1-20-5-8-24(13-21(20)2)32-31(35)25-18-40-30(33-25)17-34(16-23-7-10-27-29(15-23)39-19-38-27)12-11-22-6-9-26(36-3)28(14-22)37-4/h5-10,13-15,18H,11-12,16-17,19H2,1-4H3,(H,32,35). The first kappa shape index (κ1) is 27.5. The third-order valence-electron chi connectivity index (χ3n) is 6.92. The van der Waals surface area contributed by atoms with Gasteiger partial charge in [-0.25, -0.2) is 4.98 Å². The molecular weight excluding hydrogens is 526 g/mol. The number of hydrogen-bond acceptors (Lipinski definition) is 8. The average molecular weight is 560 g/mol. The van der Waals surface area contributed by atoms with E-state index >= 15 is 0 Å². The fourth-order valence-corrected chi connectivity index (χ4v) is 5.34. The third kappa shape index (κ3) is 6.55. The molecule has 1 aliphatic rings. The van der Waals surface area contributed by atoms with Gasteiger partial charge in [-0.3, -0.25) is 9.69 Å². The molecule has 1 amide bonds. The monoisotopic (exact) mass is 559 g/mol. The second-order valence-corrected chi connectivity index (χ2v) is 10.7. The van der Waals surface area contributed by atoms with Crippen LogP contribution in [-0.2, 0) is 19.5 Å². The van der Waals surface area contributed by atoms with E-state index < -0.39 is 0 Å². The highest BCUT2D eigenvalue weighted by molar-refractivity contribution is 7.09. The van der Waals surface area contributed by atoms with Crippen molar-refractivity contribution in [3.63, 3.8) is 0 Å². The molecule has 0 bridgehead atoms. The summed E-state index contributed by atoms with van der Waals surface area (Å²) >= 11 is 1.49. The van der Waals surface area contributed by atoms with Crippen molar-refractivity contribution in [3.8, 4) is 23.0 Å². The van der Waals surface area contributed by atoms with Crippen LogP contribution >= 0.6 is 11.3 Å². The van der Waals surface area contributed by atoms with Gasteiger partial charge in [0.2, 0.25) is 6.79 Å². The first-order valence-electron chi connectivity index (χ1n) is 13.1. The smallest absolute Gasteiger partial charge is 0.275 e. The quantitative estimate of drug-likeness (QED) is 0.241. The predicted molar refractivity (Wildman–Crippen MR) is 156 cm³/mol. The fourth-order valence-electron chi connectivity index (χ4n) is 4.53. The van der Waals surface area contributed by atoms with Crippen LogP contribution < -0.4 is 24.3 Å². The van der Waals surface area contributed by atoms with Gasteiger partial charge in [0.25, 0.3) is 5.91 Å². The number of benzene rings is 3. The van der Waals surface area contributed by atoms with Gasteiger partial charge in [-0.15, -0.1) is 11.3 Å². The highest BCUT2D eigenvalue weighted by atomic mass is 32.1. The number of fused-ring (bicyclic) bond motifs is 1. The molecule has 0 atom stereocenters. The number of thiazole rings is 1. The summed E-state index contributed by atoms with van der Waals surface area (Å²) in [7, 11) is 3.28. The molecule has 208 valence electrons. The van der Waals surface area contributed by atoms with Crippen molar-refractivity contribution in [2.45, 2.75) is 33.4 Å². The number of ether oxygens (including phenoxy) is 4. The number of rotatable bonds is 11. The van der Waals surface area contributed by atoms with Gasteiger partial charge < -0.3 is 24.3 Å². The Hall–Kier alpha value is -4.08. The van der Waals surface area contributed by atoms with Gasteiger partial charge in [-0.05, 0) is 78.9 Å². The summed E-state index contributed by atoms with van der Waals surface area (Å²) < 4.78 is 21.9. The molecule has 0 unspecified atom stereocenters. The normalized spacial score (nSPS) is 12.0. The van der Waals surface area contributed by atoms with Gasteiger partial charge in [0.1, 0.15) is 10.7 Å². The minimum Gasteiger partial charge on any atom is -0.493 e. The number of anilines is 1. The number of methoxy groups -OCH3 is 2. The Bertz CT molecular complexity index is 1500. The van der Waals surface area contributed by atoms with Crippen LogP contribution in [0.3, 0.4) is 0 Å². The Balaban J connectivity index is 1.30. The first-order valence-corrected chi connectivity index (χ1v) is 13.9. The summed E-state index contributed by atoms with van der Waals surface area (Å²) in [6, 6.07) is 17.9. The highest BCUT2D eigenvalue weighted by Crippen LogP contribution is 2.33. The fraction of sp³-hybridized carbons (Fsp3) is 0.290. The Labute approximate surface area is 238 Å². The highest BCUT2D eigenvalue weighted by Gasteiger charge is 2.18. The van der Waals surface area contributed by atoms with E-state index in [-0.39, 0.29) is 12.7 Å². The van der Waals surface area contributed by atoms with Crippen molar-refractivity contribution in [2.24, 2.45) is 0 Å². The zero-order valence-corrected chi connectivity index (χ0v) is 24.0. The number of carbonyl (C=O) groups excluding carboxylic acids is 1. The maximum Gasteiger partial charge on any atom is 0.275 e. The zero-order valence-electron chi connectivity index (χ0n) is 23.2. The molecule has 4 aromatic rings. The van der Waals surface area contributed by atoms with Crippen LogP contribution in [0.2, 0.25) is 0 Å². The lowest BCUT2D eigenvalue weighted by Crippen LogP contribution is -2.25. The van der Waals surface area contributed by atoms with Crippen LogP contribution in [0.1, 0.15) is 37.7 Å². The van der Waals surface area contributed by atoms with Gasteiger partial charge in [0.15, 0.2) is 23.0 Å². The van der Waals surface area contributed by atoms with Gasteiger partial charge in [0, 0.05) is 24.2 Å². The summed E-state index contributed by atoms with van der Waals surface area (Å²) in [6.45, 7) is 6.38. The molecule has 0 saturated carbocycles. The second kappa shape index (κ2) is 12.4. The number of nitrogens with zero attached hydrogens (tertiary/aromatic N) is 2. The van der Waals surface area contributed by atoms with Crippen molar-refractivity contribution >= 4 is 22.9 Å². The lowest BCUT2D eigenvalue weighted by molar-refractivity contribution is 0.102. The summed E-state index contributed by atoms with van der Waals surface area (Å²) in [6.07, 6.45) is 0.802. The van der Waals surface area contributed by atoms with Crippen LogP contribution in [0.25, 0.3) is 0 Å². The molecule has 1 aliphatic heterocycles. The van der Waals surface area contributed by atoms with Gasteiger partial charge in [-0.1, -0.05) is 18.2 Å². The topological polar surface area (TPSA) is 82.2 Å². The number of nitrogens with one attached hydrogen (secondary N) is 1. The molecule has 1 aromatic heterocycles. The Kier molecular flexibility index (Phi) is 8.52. The molecule has 0 radical (unpaired) electrons. The van der Waals surface area contributed by atoms with E-state index in [2.05, 4.69) is 27.3 Å². The van der Waals surface area contributed by atoms with E-state index in [1.54, 1.807) is 14.2 Å². The molecule has 9 heteroatoms. The predicted octanol–water partition coefficient (Wildman–Crippen LogP) is 6.00. The maximum atomic E-state index is 12.9. The third-order valence-corrected chi connectivity index (χ3v) is 7.75. The van der Waals surface area contributed by atoms with Crippen LogP contribution in [0.4, 0.5) is 5.69 Å². The number of carbonyl (C=O) groups is 1. The molecule has 2 heterocycles. The van der Waals surface area contributed by atoms with Crippen molar-refractivity contribution in [1.82, 2.24) is 9.88 Å². The summed E-state index contributed by atoms with van der Waals surface area (Å²) in [5.74, 6) is 2.73. The molecule has 0 saturated heterocycles. The first-order chi connectivity index (χ1) is 19.4. The molecule has 0 spiro atoms. The molecular formula is C31H33N3O5S. The van der Waals surface area contributed by atoms with Crippen molar-refractivity contribution < 1.29 is 23.7 Å². The number of aryl methyl sites for hydroxylation is 2. The summed E-state index contributed by atoms with van der Waals surface area (Å²) in [4.78, 5) is 19.9. The van der Waals surface area contributed by atoms with E-state index in [0.29, 0.717) is 30.3 Å². The molecule has 0 aliphatic carbocycles. The van der Waals surface area contributed by atoms with Crippen molar-refractivity contribution in [1.29, 1.82) is 0 Å². The largest absolute Gasteiger partial charge is 0.493 e. The van der Waals surface area contributed by atoms with E-state index in [1.165, 1.54) is 16.9 Å². The average Bonchev–Trinajstić information content (AvgIpc) is 3.63. The van der Waals surface area contributed by atoms with Crippen LogP contribution in [0.5, 0.6) is 23.0 Å². The van der Waals surface area contributed by atoms with E-state index in [0.717, 1.165) is 51.8 Å². The second-order valence-electron chi connectivity index (χ2n) is 9.72. The number of hydrogen-bond donors (Lipinski definition) is 1. The SMILES string of the molecule is COc1ccc(CCN(Cc2ccc3c(c2)OCO3)Cc2nc(C(=O)Nc3ccc(C)c(C)c3)cs2)cc1OC. The Morgan fingerprint density at radius 1 is 0.925 bits per heavy atom. The molecule has 5 rings (SSSR count). The molecule has 0 fully saturated rings. The summed E-state index contributed by atoms with van der Waals surface area (Å²) in [5, 5.41) is 5.66. The van der Waals surface area contributed by atoms with Crippen molar-refractivity contribution in [3.05, 3.63) is 92.9 Å². The van der Waals surface area contributed by atoms with E-state index in [1.807, 2.05) is 61.7 Å². The number of aromatic nitrogens is 1. The van der Waals surface area contributed by atoms with Crippen molar-refractivity contribution in [2.75, 3.05) is 32.9 Å². The van der Waals surface area contributed by atoms with Crippen LogP contribution in [0.15, 0.2) is 60.0 Å². The van der Waals surface area contributed by atoms with Gasteiger partial charge >= 0.3 is 0 Å². The maximum absolute atomic E-state index is 12.9. The van der Waals surface area contributed by atoms with Crippen LogP contribution in [0, 0.1) is 13.8 Å². The van der Waals surface area contributed by atoms with Crippen LogP contribution in [-0.4, -0.2) is 43.3 Å². The lowest BCUT2D eigenvalue weighted by Gasteiger charge is -2.22. The van der Waals surface area contributed by atoms with E-state index in [9.17, 15) is 4.79 Å². The molecule has 40 heavy (non-hydrogen) atoms. The number of amides is 1. The minimum atomic E-state index is -0.210. The molecule has 1 N–H and O–H groups in total. The molecule has 3 aromatic carbocycles.